The Balaban J connectivity index is -0.0000000408. The molecule has 0 saturated heterocycles. The van der Waals surface area contributed by atoms with E-state index in [0.717, 1.165) is 0 Å². The van der Waals surface area contributed by atoms with Crippen LogP contribution in [0.25, 0.3) is 0 Å². The van der Waals surface area contributed by atoms with Crippen molar-refractivity contribution in [3.05, 3.63) is 12.2 Å². The van der Waals surface area contributed by atoms with Crippen molar-refractivity contribution in [1.82, 2.24) is 0 Å². The van der Waals surface area contributed by atoms with Crippen molar-refractivity contribution in [2.45, 2.75) is 0 Å². The van der Waals surface area contributed by atoms with Crippen LogP contribution in [0.3, 0.4) is 0 Å². The average molecular weight is 132 g/mol. The molecule has 0 aliphatic carbocycles. The summed E-state index contributed by atoms with van der Waals surface area (Å²) >= 11 is 0. The molecule has 6 heteroatoms. The van der Waals surface area contributed by atoms with Crippen LogP contribution >= 0.6 is 0 Å². The quantitative estimate of drug-likeness (QED) is 0.289. The van der Waals surface area contributed by atoms with Crippen molar-refractivity contribution >= 4 is 11.9 Å². The predicted molar refractivity (Wildman–Crippen MR) is 26.6 cm³/mol. The van der Waals surface area contributed by atoms with Gasteiger partial charge in [-0.2, -0.15) is 0 Å². The smallest absolute Gasteiger partial charge is 1.00 e. The molecule has 0 unspecified atom stereocenters. The minimum atomic E-state index is -1.26. The van der Waals surface area contributed by atoms with E-state index in [1.165, 1.54) is 0 Å². The molecule has 0 aliphatic rings. The van der Waals surface area contributed by atoms with Crippen molar-refractivity contribution in [2.75, 3.05) is 0 Å². The number of carboxylic acid groups (broad SMARTS) is 2. The first-order chi connectivity index (χ1) is 3.63. The maximum absolute atomic E-state index is 9.55. The molecule has 0 rings (SSSR count). The molecule has 0 spiro atoms. The standard InChI is InChI=1S/C4H4O4.2Li.2H/c5-3(6)1-2-4(7)8;;;;/h1-2H,(H,5,6)(H,7,8);;;;/q;2*+1;2*-1. The van der Waals surface area contributed by atoms with Gasteiger partial charge in [0.2, 0.25) is 0 Å². The Morgan fingerprint density at radius 2 is 1.20 bits per heavy atom. The van der Waals surface area contributed by atoms with Crippen LogP contribution in [0.2, 0.25) is 0 Å². The summed E-state index contributed by atoms with van der Waals surface area (Å²) < 4.78 is 0. The second-order valence-corrected chi connectivity index (χ2v) is 1.01. The Kier molecular flexibility index (Phi) is 14.6. The van der Waals surface area contributed by atoms with E-state index in [2.05, 4.69) is 0 Å². The minimum absolute atomic E-state index is 0. The molecule has 0 aromatic heterocycles. The largest absolute Gasteiger partial charge is 1.00 e. The molecule has 0 bridgehead atoms. The van der Waals surface area contributed by atoms with E-state index in [0.29, 0.717) is 12.2 Å². The van der Waals surface area contributed by atoms with Gasteiger partial charge >= 0.3 is 49.7 Å². The molecule has 0 fully saturated rings. The van der Waals surface area contributed by atoms with E-state index in [4.69, 9.17) is 10.2 Å². The van der Waals surface area contributed by atoms with E-state index in [1.807, 2.05) is 0 Å². The van der Waals surface area contributed by atoms with Crippen molar-refractivity contribution in [2.24, 2.45) is 0 Å². The first kappa shape index (κ1) is 16.5. The van der Waals surface area contributed by atoms with Crippen LogP contribution in [0.1, 0.15) is 2.85 Å². The van der Waals surface area contributed by atoms with Gasteiger partial charge in [0.25, 0.3) is 0 Å². The molecular weight excluding hydrogens is 126 g/mol. The molecular formula is C4H6Li2O4. The number of carboxylic acids is 2. The van der Waals surface area contributed by atoms with Gasteiger partial charge in [0.15, 0.2) is 0 Å². The predicted octanol–water partition coefficient (Wildman–Crippen LogP) is -6.06. The third kappa shape index (κ3) is 15.7. The van der Waals surface area contributed by atoms with E-state index < -0.39 is 11.9 Å². The zero-order valence-corrected chi connectivity index (χ0v) is 5.87. The van der Waals surface area contributed by atoms with Gasteiger partial charge in [-0.05, 0) is 0 Å². The van der Waals surface area contributed by atoms with Crippen LogP contribution in [0.4, 0.5) is 0 Å². The molecule has 4 nitrogen and oxygen atoms in total. The maximum Gasteiger partial charge on any atom is 1.00 e. The van der Waals surface area contributed by atoms with Crippen molar-refractivity contribution < 1.29 is 60.4 Å². The van der Waals surface area contributed by atoms with E-state index in [9.17, 15) is 9.59 Å². The second kappa shape index (κ2) is 8.87. The van der Waals surface area contributed by atoms with E-state index in [1.54, 1.807) is 0 Å². The Bertz CT molecular complexity index is 134. The first-order valence-corrected chi connectivity index (χ1v) is 1.77. The van der Waals surface area contributed by atoms with Gasteiger partial charge < -0.3 is 13.1 Å². The zero-order valence-electron chi connectivity index (χ0n) is 7.87. The monoisotopic (exact) mass is 132 g/mol. The van der Waals surface area contributed by atoms with Gasteiger partial charge in [0.05, 0.1) is 0 Å². The van der Waals surface area contributed by atoms with Crippen LogP contribution in [0, 0.1) is 0 Å². The Hall–Kier alpha value is -0.125. The third-order valence-electron chi connectivity index (χ3n) is 0.368. The first-order valence-electron chi connectivity index (χ1n) is 1.77. The molecule has 0 amide bonds. The third-order valence-corrected chi connectivity index (χ3v) is 0.368. The number of hydrogen-bond donors (Lipinski definition) is 2. The maximum atomic E-state index is 9.55. The zero-order chi connectivity index (χ0) is 6.57. The average Bonchev–Trinajstić information content (AvgIpc) is 1.61. The Morgan fingerprint density at radius 1 is 1.00 bits per heavy atom. The summed E-state index contributed by atoms with van der Waals surface area (Å²) in [7, 11) is 0. The van der Waals surface area contributed by atoms with Crippen molar-refractivity contribution in [3.8, 4) is 0 Å². The fourth-order valence-electron chi connectivity index (χ4n) is 0.143. The van der Waals surface area contributed by atoms with Crippen LogP contribution in [-0.4, -0.2) is 22.2 Å². The molecule has 2 N–H and O–H groups in total. The molecule has 0 aromatic carbocycles. The van der Waals surface area contributed by atoms with Gasteiger partial charge in [0, 0.05) is 12.2 Å². The molecule has 0 aromatic rings. The second-order valence-electron chi connectivity index (χ2n) is 1.01. The van der Waals surface area contributed by atoms with Gasteiger partial charge in [0.1, 0.15) is 0 Å². The van der Waals surface area contributed by atoms with Crippen LogP contribution in [0.15, 0.2) is 12.2 Å². The van der Waals surface area contributed by atoms with Crippen molar-refractivity contribution in [1.29, 1.82) is 0 Å². The SMILES string of the molecule is O=C(O)C=CC(=O)O.[H-].[H-].[Li+].[Li+]. The van der Waals surface area contributed by atoms with Gasteiger partial charge in [-0.1, -0.05) is 0 Å². The number of aliphatic carboxylic acids is 2. The normalized spacial score (nSPS) is 7.60. The topological polar surface area (TPSA) is 74.6 Å². The molecule has 0 radical (unpaired) electrons. The minimum Gasteiger partial charge on any atom is -1.00 e. The summed E-state index contributed by atoms with van der Waals surface area (Å²) in [5, 5.41) is 15.6. The van der Waals surface area contributed by atoms with Gasteiger partial charge in [-0.15, -0.1) is 0 Å². The van der Waals surface area contributed by atoms with E-state index in [-0.39, 0.29) is 40.6 Å². The Morgan fingerprint density at radius 3 is 1.30 bits per heavy atom. The Labute approximate surface area is 84.6 Å². The van der Waals surface area contributed by atoms with Crippen LogP contribution in [0.5, 0.6) is 0 Å². The summed E-state index contributed by atoms with van der Waals surface area (Å²) in [5.41, 5.74) is 0. The molecule has 0 atom stereocenters. The number of rotatable bonds is 2. The molecule has 0 saturated carbocycles. The summed E-state index contributed by atoms with van der Waals surface area (Å²) in [6.07, 6.45) is 1.12. The summed E-state index contributed by atoms with van der Waals surface area (Å²) in [4.78, 5) is 19.1. The number of carbonyl (C=O) groups is 2. The van der Waals surface area contributed by atoms with E-state index >= 15 is 0 Å². The van der Waals surface area contributed by atoms with Crippen molar-refractivity contribution in [3.63, 3.8) is 0 Å². The molecule has 10 heavy (non-hydrogen) atoms. The van der Waals surface area contributed by atoms with Crippen LogP contribution in [-0.2, 0) is 9.59 Å². The summed E-state index contributed by atoms with van der Waals surface area (Å²) in [6, 6.07) is 0. The molecule has 0 heterocycles. The summed E-state index contributed by atoms with van der Waals surface area (Å²) in [6.45, 7) is 0. The van der Waals surface area contributed by atoms with Gasteiger partial charge in [-0.3, -0.25) is 0 Å². The van der Waals surface area contributed by atoms with Crippen LogP contribution < -0.4 is 37.7 Å². The molecule has 48 valence electrons. The number of hydrogen-bond acceptors (Lipinski definition) is 2. The summed E-state index contributed by atoms with van der Waals surface area (Å²) in [5.74, 6) is -2.51. The fraction of sp³-hybridized carbons (Fsp3) is 0. The fourth-order valence-corrected chi connectivity index (χ4v) is 0.143. The molecule has 0 aliphatic heterocycles. The van der Waals surface area contributed by atoms with Gasteiger partial charge in [-0.25, -0.2) is 9.59 Å².